The van der Waals surface area contributed by atoms with Gasteiger partial charge in [-0.15, -0.1) is 0 Å². The average Bonchev–Trinajstić information content (AvgIpc) is 3.03. The molecule has 1 aliphatic rings. The zero-order chi connectivity index (χ0) is 14.9. The van der Waals surface area contributed by atoms with Gasteiger partial charge in [0.2, 0.25) is 0 Å². The van der Waals surface area contributed by atoms with E-state index in [1.54, 1.807) is 0 Å². The van der Waals surface area contributed by atoms with Gasteiger partial charge in [0.25, 0.3) is 0 Å². The zero-order valence-corrected chi connectivity index (χ0v) is 13.6. The van der Waals surface area contributed by atoms with Gasteiger partial charge in [0, 0.05) is 12.6 Å². The number of aryl methyl sites for hydroxylation is 1. The molecule has 1 saturated heterocycles. The van der Waals surface area contributed by atoms with Crippen LogP contribution in [0.5, 0.6) is 5.75 Å². The fourth-order valence-electron chi connectivity index (χ4n) is 2.76. The molecule has 2 rings (SSSR count). The molecular weight excluding hydrogens is 260 g/mol. The van der Waals surface area contributed by atoms with Gasteiger partial charge in [-0.2, -0.15) is 0 Å². The van der Waals surface area contributed by atoms with Gasteiger partial charge in [-0.3, -0.25) is 0 Å². The first kappa shape index (κ1) is 16.3. The molecular formula is C18H30N2O. The van der Waals surface area contributed by atoms with Crippen LogP contribution < -0.4 is 10.1 Å². The van der Waals surface area contributed by atoms with Crippen LogP contribution in [0.2, 0.25) is 0 Å². The molecule has 1 aliphatic heterocycles. The molecule has 1 atom stereocenters. The summed E-state index contributed by atoms with van der Waals surface area (Å²) in [5, 5.41) is 3.28. The van der Waals surface area contributed by atoms with Gasteiger partial charge < -0.3 is 15.0 Å². The number of nitrogens with one attached hydrogen (secondary N) is 1. The molecule has 1 fully saturated rings. The van der Waals surface area contributed by atoms with Gasteiger partial charge in [-0.25, -0.2) is 0 Å². The summed E-state index contributed by atoms with van der Waals surface area (Å²) in [5.41, 5.74) is 1.39. The smallest absolute Gasteiger partial charge is 0.119 e. The van der Waals surface area contributed by atoms with E-state index < -0.39 is 0 Å². The van der Waals surface area contributed by atoms with Crippen LogP contribution in [-0.2, 0) is 6.42 Å². The van der Waals surface area contributed by atoms with Gasteiger partial charge in [0.1, 0.15) is 5.75 Å². The Morgan fingerprint density at radius 1 is 1.19 bits per heavy atom. The molecule has 21 heavy (non-hydrogen) atoms. The van der Waals surface area contributed by atoms with E-state index in [0.29, 0.717) is 6.04 Å². The highest BCUT2D eigenvalue weighted by Crippen LogP contribution is 2.14. The topological polar surface area (TPSA) is 24.5 Å². The highest BCUT2D eigenvalue weighted by atomic mass is 16.5. The van der Waals surface area contributed by atoms with E-state index >= 15 is 0 Å². The largest absolute Gasteiger partial charge is 0.494 e. The fourth-order valence-corrected chi connectivity index (χ4v) is 2.76. The van der Waals surface area contributed by atoms with Crippen molar-refractivity contribution in [1.29, 1.82) is 0 Å². The van der Waals surface area contributed by atoms with Crippen molar-refractivity contribution in [2.75, 3.05) is 33.3 Å². The third-order valence-corrected chi connectivity index (χ3v) is 4.37. The quantitative estimate of drug-likeness (QED) is 0.707. The molecule has 0 amide bonds. The molecule has 3 heteroatoms. The standard InChI is InChI=1S/C18H30N2O/c1-16(19-2)6-7-17-8-10-18(11-9-17)21-15-5-14-20-12-3-4-13-20/h8-11,16,19H,3-7,12-15H2,1-2H3. The lowest BCUT2D eigenvalue weighted by Gasteiger charge is -2.14. The van der Waals surface area contributed by atoms with Gasteiger partial charge in [-0.1, -0.05) is 12.1 Å². The molecule has 0 radical (unpaired) electrons. The minimum atomic E-state index is 0.575. The fraction of sp³-hybridized carbons (Fsp3) is 0.667. The summed E-state index contributed by atoms with van der Waals surface area (Å²) in [4.78, 5) is 2.54. The predicted octanol–water partition coefficient (Wildman–Crippen LogP) is 3.09. The van der Waals surface area contributed by atoms with E-state index in [4.69, 9.17) is 4.74 Å². The van der Waals surface area contributed by atoms with Crippen LogP contribution in [0.1, 0.15) is 38.2 Å². The molecule has 0 bridgehead atoms. The van der Waals surface area contributed by atoms with Crippen LogP contribution in [0.3, 0.4) is 0 Å². The Labute approximate surface area is 129 Å². The van der Waals surface area contributed by atoms with Crippen LogP contribution in [-0.4, -0.2) is 44.2 Å². The molecule has 118 valence electrons. The van der Waals surface area contributed by atoms with Crippen LogP contribution in [0.4, 0.5) is 0 Å². The summed E-state index contributed by atoms with van der Waals surface area (Å²) < 4.78 is 5.83. The minimum absolute atomic E-state index is 0.575. The summed E-state index contributed by atoms with van der Waals surface area (Å²) in [6, 6.07) is 9.17. The van der Waals surface area contributed by atoms with Crippen molar-refractivity contribution in [2.24, 2.45) is 0 Å². The highest BCUT2D eigenvalue weighted by molar-refractivity contribution is 5.27. The Morgan fingerprint density at radius 3 is 2.57 bits per heavy atom. The molecule has 3 nitrogen and oxygen atoms in total. The highest BCUT2D eigenvalue weighted by Gasteiger charge is 2.10. The van der Waals surface area contributed by atoms with Crippen molar-refractivity contribution >= 4 is 0 Å². The monoisotopic (exact) mass is 290 g/mol. The SMILES string of the molecule is CNC(C)CCc1ccc(OCCCN2CCCC2)cc1. The van der Waals surface area contributed by atoms with Gasteiger partial charge in [-0.05, 0) is 76.9 Å². The number of likely N-dealkylation sites (tertiary alicyclic amines) is 1. The molecule has 1 N–H and O–H groups in total. The normalized spacial score (nSPS) is 17.0. The number of ether oxygens (including phenoxy) is 1. The maximum atomic E-state index is 5.83. The molecule has 1 unspecified atom stereocenters. The number of nitrogens with zero attached hydrogens (tertiary/aromatic N) is 1. The number of rotatable bonds is 9. The second-order valence-electron chi connectivity index (χ2n) is 6.12. The van der Waals surface area contributed by atoms with Crippen molar-refractivity contribution in [3.8, 4) is 5.75 Å². The van der Waals surface area contributed by atoms with Gasteiger partial charge in [0.05, 0.1) is 6.61 Å². The average molecular weight is 290 g/mol. The summed E-state index contributed by atoms with van der Waals surface area (Å²) >= 11 is 0. The second kappa shape index (κ2) is 9.06. The Bertz CT molecular complexity index is 385. The van der Waals surface area contributed by atoms with E-state index in [2.05, 4.69) is 41.4 Å². The Kier molecular flexibility index (Phi) is 7.04. The van der Waals surface area contributed by atoms with Crippen LogP contribution in [0.15, 0.2) is 24.3 Å². The maximum absolute atomic E-state index is 5.83. The number of hydrogen-bond donors (Lipinski definition) is 1. The molecule has 1 heterocycles. The lowest BCUT2D eigenvalue weighted by molar-refractivity contribution is 0.263. The maximum Gasteiger partial charge on any atom is 0.119 e. The third-order valence-electron chi connectivity index (χ3n) is 4.37. The van der Waals surface area contributed by atoms with Crippen molar-refractivity contribution < 1.29 is 4.74 Å². The van der Waals surface area contributed by atoms with Crippen molar-refractivity contribution in [3.05, 3.63) is 29.8 Å². The molecule has 0 spiro atoms. The van der Waals surface area contributed by atoms with E-state index in [0.717, 1.165) is 25.2 Å². The lowest BCUT2D eigenvalue weighted by Crippen LogP contribution is -2.22. The molecule has 1 aromatic rings. The Morgan fingerprint density at radius 2 is 1.90 bits per heavy atom. The van der Waals surface area contributed by atoms with Crippen molar-refractivity contribution in [3.63, 3.8) is 0 Å². The lowest BCUT2D eigenvalue weighted by atomic mass is 10.1. The van der Waals surface area contributed by atoms with Crippen LogP contribution in [0, 0.1) is 0 Å². The first-order chi connectivity index (χ1) is 10.3. The van der Waals surface area contributed by atoms with E-state index in [1.807, 2.05) is 7.05 Å². The summed E-state index contributed by atoms with van der Waals surface area (Å²) in [6.45, 7) is 6.78. The zero-order valence-electron chi connectivity index (χ0n) is 13.6. The van der Waals surface area contributed by atoms with Gasteiger partial charge in [0.15, 0.2) is 0 Å². The molecule has 0 saturated carbocycles. The molecule has 1 aromatic carbocycles. The Balaban J connectivity index is 1.62. The van der Waals surface area contributed by atoms with E-state index in [9.17, 15) is 0 Å². The Hall–Kier alpha value is -1.06. The van der Waals surface area contributed by atoms with Crippen LogP contribution in [0.25, 0.3) is 0 Å². The van der Waals surface area contributed by atoms with Crippen LogP contribution >= 0.6 is 0 Å². The second-order valence-corrected chi connectivity index (χ2v) is 6.12. The predicted molar refractivity (Wildman–Crippen MR) is 89.1 cm³/mol. The van der Waals surface area contributed by atoms with Gasteiger partial charge >= 0.3 is 0 Å². The minimum Gasteiger partial charge on any atom is -0.494 e. The first-order valence-electron chi connectivity index (χ1n) is 8.39. The first-order valence-corrected chi connectivity index (χ1v) is 8.39. The van der Waals surface area contributed by atoms with E-state index in [-0.39, 0.29) is 0 Å². The summed E-state index contributed by atoms with van der Waals surface area (Å²) in [7, 11) is 2.02. The molecule has 0 aliphatic carbocycles. The van der Waals surface area contributed by atoms with E-state index in [1.165, 1.54) is 44.5 Å². The summed E-state index contributed by atoms with van der Waals surface area (Å²) in [6.07, 6.45) is 6.16. The number of hydrogen-bond acceptors (Lipinski definition) is 3. The summed E-state index contributed by atoms with van der Waals surface area (Å²) in [5.74, 6) is 1.00. The van der Waals surface area contributed by atoms with Crippen molar-refractivity contribution in [1.82, 2.24) is 10.2 Å². The van der Waals surface area contributed by atoms with Crippen molar-refractivity contribution in [2.45, 2.75) is 45.1 Å². The third kappa shape index (κ3) is 6.06. The molecule has 0 aromatic heterocycles. The number of benzene rings is 1.